The summed E-state index contributed by atoms with van der Waals surface area (Å²) in [6, 6.07) is 0. The molecule has 0 saturated carbocycles. The summed E-state index contributed by atoms with van der Waals surface area (Å²) in [6.45, 7) is 0. The van der Waals surface area contributed by atoms with Crippen molar-refractivity contribution in [2.75, 3.05) is 0 Å². The summed E-state index contributed by atoms with van der Waals surface area (Å²) in [6.07, 6.45) is 15.9. The topological polar surface area (TPSA) is 14.1 Å². The lowest BCUT2D eigenvalue weighted by Crippen LogP contribution is -2.01. The maximum Gasteiger partial charge on any atom is 0.0701 e. The number of hydrogen-bond acceptors (Lipinski definition) is 0. The molecule has 0 unspecified atom stereocenters. The van der Waals surface area contributed by atoms with E-state index in [2.05, 4.69) is 17.5 Å². The Balaban J connectivity index is 2.44. The number of fused-ring (bicyclic) bond motifs is 1. The molecular formula is C10H8N. The van der Waals surface area contributed by atoms with Crippen molar-refractivity contribution in [2.24, 2.45) is 0 Å². The molecule has 0 aromatic rings. The van der Waals surface area contributed by atoms with Gasteiger partial charge in [0, 0.05) is 11.8 Å². The third-order valence-electron chi connectivity index (χ3n) is 1.62. The lowest BCUT2D eigenvalue weighted by Gasteiger charge is -2.06. The van der Waals surface area contributed by atoms with E-state index in [4.69, 9.17) is 0 Å². The SMILES string of the molecule is C1=CC=C2[N]C=CC=C2C=C1. The summed E-state index contributed by atoms with van der Waals surface area (Å²) in [5, 5.41) is 4.22. The zero-order chi connectivity index (χ0) is 7.52. The molecule has 0 atom stereocenters. The first-order valence-electron chi connectivity index (χ1n) is 3.60. The molecule has 1 aliphatic heterocycles. The first-order chi connectivity index (χ1) is 5.47. The minimum absolute atomic E-state index is 1.04. The van der Waals surface area contributed by atoms with Gasteiger partial charge in [-0.1, -0.05) is 30.4 Å². The average molecular weight is 142 g/mol. The summed E-state index contributed by atoms with van der Waals surface area (Å²) < 4.78 is 0. The van der Waals surface area contributed by atoms with Gasteiger partial charge in [0.05, 0.1) is 5.70 Å². The third-order valence-corrected chi connectivity index (χ3v) is 1.62. The van der Waals surface area contributed by atoms with E-state index in [9.17, 15) is 0 Å². The first kappa shape index (κ1) is 6.23. The quantitative estimate of drug-likeness (QED) is 0.491. The Morgan fingerprint density at radius 2 is 1.91 bits per heavy atom. The molecule has 0 aromatic heterocycles. The molecule has 0 spiro atoms. The van der Waals surface area contributed by atoms with Gasteiger partial charge in [0.15, 0.2) is 0 Å². The Bertz CT molecular complexity index is 301. The zero-order valence-corrected chi connectivity index (χ0v) is 6.07. The fourth-order valence-corrected chi connectivity index (χ4v) is 1.08. The lowest BCUT2D eigenvalue weighted by molar-refractivity contribution is 1.05. The second-order valence-electron chi connectivity index (χ2n) is 2.39. The lowest BCUT2D eigenvalue weighted by atomic mass is 10.1. The van der Waals surface area contributed by atoms with Crippen molar-refractivity contribution in [1.29, 1.82) is 0 Å². The van der Waals surface area contributed by atoms with Crippen LogP contribution in [0.25, 0.3) is 0 Å². The van der Waals surface area contributed by atoms with Crippen molar-refractivity contribution in [3.8, 4) is 0 Å². The second-order valence-corrected chi connectivity index (χ2v) is 2.39. The smallest absolute Gasteiger partial charge is 0.0701 e. The van der Waals surface area contributed by atoms with Crippen LogP contribution in [0, 0.1) is 0 Å². The standard InChI is InChI=1S/C10H8N/c1-2-5-9-6-4-8-11-10(9)7-3-1/h1-8H. The van der Waals surface area contributed by atoms with Gasteiger partial charge in [-0.3, -0.25) is 5.32 Å². The fourth-order valence-electron chi connectivity index (χ4n) is 1.08. The van der Waals surface area contributed by atoms with E-state index in [0.717, 1.165) is 5.70 Å². The molecule has 0 N–H and O–H groups in total. The van der Waals surface area contributed by atoms with Crippen LogP contribution >= 0.6 is 0 Å². The van der Waals surface area contributed by atoms with E-state index in [0.29, 0.717) is 0 Å². The molecule has 11 heavy (non-hydrogen) atoms. The predicted molar refractivity (Wildman–Crippen MR) is 45.7 cm³/mol. The normalized spacial score (nSPS) is 19.6. The monoisotopic (exact) mass is 142 g/mol. The highest BCUT2D eigenvalue weighted by Gasteiger charge is 2.03. The Morgan fingerprint density at radius 3 is 2.91 bits per heavy atom. The van der Waals surface area contributed by atoms with Crippen LogP contribution in [0.4, 0.5) is 0 Å². The summed E-state index contributed by atoms with van der Waals surface area (Å²) >= 11 is 0. The minimum atomic E-state index is 1.04. The number of rotatable bonds is 0. The molecule has 1 heterocycles. The van der Waals surface area contributed by atoms with Crippen molar-refractivity contribution in [3.05, 3.63) is 60.0 Å². The Kier molecular flexibility index (Phi) is 1.48. The van der Waals surface area contributed by atoms with E-state index < -0.39 is 0 Å². The molecule has 2 rings (SSSR count). The van der Waals surface area contributed by atoms with Gasteiger partial charge in [-0.15, -0.1) is 0 Å². The first-order valence-corrected chi connectivity index (χ1v) is 3.60. The van der Waals surface area contributed by atoms with E-state index in [1.54, 1.807) is 0 Å². The molecule has 1 nitrogen and oxygen atoms in total. The molecule has 0 saturated heterocycles. The molecule has 0 fully saturated rings. The van der Waals surface area contributed by atoms with E-state index in [-0.39, 0.29) is 0 Å². The van der Waals surface area contributed by atoms with Gasteiger partial charge in [-0.05, 0) is 12.2 Å². The van der Waals surface area contributed by atoms with Crippen LogP contribution in [0.5, 0.6) is 0 Å². The van der Waals surface area contributed by atoms with Crippen LogP contribution in [-0.4, -0.2) is 0 Å². The maximum absolute atomic E-state index is 4.22. The molecule has 1 heteroatoms. The van der Waals surface area contributed by atoms with Crippen molar-refractivity contribution >= 4 is 0 Å². The van der Waals surface area contributed by atoms with Gasteiger partial charge < -0.3 is 0 Å². The van der Waals surface area contributed by atoms with Crippen molar-refractivity contribution in [1.82, 2.24) is 5.32 Å². The minimum Gasteiger partial charge on any atom is -0.256 e. The average Bonchev–Trinajstić information content (AvgIpc) is 2.28. The van der Waals surface area contributed by atoms with Crippen LogP contribution in [0.1, 0.15) is 0 Å². The second kappa shape index (κ2) is 2.62. The summed E-state index contributed by atoms with van der Waals surface area (Å²) in [5.74, 6) is 0. The molecule has 53 valence electrons. The van der Waals surface area contributed by atoms with Crippen LogP contribution in [0.2, 0.25) is 0 Å². The Hall–Kier alpha value is -1.50. The molecule has 2 aliphatic rings. The van der Waals surface area contributed by atoms with Gasteiger partial charge in [0.2, 0.25) is 0 Å². The van der Waals surface area contributed by atoms with E-state index in [1.807, 2.05) is 36.6 Å². The molecule has 0 bridgehead atoms. The molecule has 1 aliphatic carbocycles. The number of nitrogens with zero attached hydrogens (tertiary/aromatic N) is 1. The molecule has 0 aromatic carbocycles. The number of hydrogen-bond donors (Lipinski definition) is 0. The maximum atomic E-state index is 4.22. The van der Waals surface area contributed by atoms with E-state index in [1.165, 1.54) is 5.57 Å². The van der Waals surface area contributed by atoms with Gasteiger partial charge >= 0.3 is 0 Å². The van der Waals surface area contributed by atoms with E-state index >= 15 is 0 Å². The highest BCUT2D eigenvalue weighted by molar-refractivity contribution is 5.48. The molecule has 1 radical (unpaired) electrons. The van der Waals surface area contributed by atoms with Crippen LogP contribution in [-0.2, 0) is 0 Å². The van der Waals surface area contributed by atoms with Gasteiger partial charge in [-0.25, -0.2) is 0 Å². The zero-order valence-electron chi connectivity index (χ0n) is 6.07. The van der Waals surface area contributed by atoms with Gasteiger partial charge in [0.1, 0.15) is 0 Å². The number of allylic oxidation sites excluding steroid dienone is 7. The van der Waals surface area contributed by atoms with Crippen LogP contribution < -0.4 is 5.32 Å². The third kappa shape index (κ3) is 1.17. The van der Waals surface area contributed by atoms with Gasteiger partial charge in [-0.2, -0.15) is 0 Å². The Labute approximate surface area is 66.1 Å². The largest absolute Gasteiger partial charge is 0.256 e. The summed E-state index contributed by atoms with van der Waals surface area (Å²) in [4.78, 5) is 0. The summed E-state index contributed by atoms with van der Waals surface area (Å²) in [5.41, 5.74) is 2.22. The highest BCUT2D eigenvalue weighted by atomic mass is 14.9. The van der Waals surface area contributed by atoms with Crippen LogP contribution in [0.15, 0.2) is 60.0 Å². The summed E-state index contributed by atoms with van der Waals surface area (Å²) in [7, 11) is 0. The van der Waals surface area contributed by atoms with Crippen molar-refractivity contribution < 1.29 is 0 Å². The predicted octanol–water partition coefficient (Wildman–Crippen LogP) is 2.05. The fraction of sp³-hybridized carbons (Fsp3) is 0. The van der Waals surface area contributed by atoms with Gasteiger partial charge in [0.25, 0.3) is 0 Å². The van der Waals surface area contributed by atoms with Crippen molar-refractivity contribution in [2.45, 2.75) is 0 Å². The molecular weight excluding hydrogens is 134 g/mol. The van der Waals surface area contributed by atoms with Crippen molar-refractivity contribution in [3.63, 3.8) is 0 Å². The molecule has 0 amide bonds. The highest BCUT2D eigenvalue weighted by Crippen LogP contribution is 2.16. The Morgan fingerprint density at radius 1 is 0.909 bits per heavy atom. The van der Waals surface area contributed by atoms with Crippen LogP contribution in [0.3, 0.4) is 0 Å².